The predicted octanol–water partition coefficient (Wildman–Crippen LogP) is 3.03. The van der Waals surface area contributed by atoms with Crippen LogP contribution in [-0.2, 0) is 6.42 Å². The molecule has 3 unspecified atom stereocenters. The molecule has 21 heavy (non-hydrogen) atoms. The van der Waals surface area contributed by atoms with Gasteiger partial charge in [-0.1, -0.05) is 37.3 Å². The fourth-order valence-electron chi connectivity index (χ4n) is 3.65. The van der Waals surface area contributed by atoms with Crippen molar-refractivity contribution in [2.75, 3.05) is 31.1 Å². The number of hydrogen-bond acceptors (Lipinski definition) is 3. The van der Waals surface area contributed by atoms with Crippen LogP contribution < -0.4 is 5.32 Å². The Morgan fingerprint density at radius 2 is 2.14 bits per heavy atom. The van der Waals surface area contributed by atoms with Gasteiger partial charge in [-0.2, -0.15) is 11.8 Å². The van der Waals surface area contributed by atoms with E-state index in [1.807, 2.05) is 0 Å². The summed E-state index contributed by atoms with van der Waals surface area (Å²) in [6.45, 7) is 6.03. The van der Waals surface area contributed by atoms with Crippen molar-refractivity contribution in [3.8, 4) is 0 Å². The fraction of sp³-hybridized carbons (Fsp3) is 0.667. The van der Waals surface area contributed by atoms with Crippen molar-refractivity contribution in [2.24, 2.45) is 5.92 Å². The maximum Gasteiger partial charge on any atom is 0.0236 e. The normalized spacial score (nSPS) is 30.6. The highest BCUT2D eigenvalue weighted by molar-refractivity contribution is 7.99. The van der Waals surface area contributed by atoms with E-state index in [2.05, 4.69) is 59.2 Å². The van der Waals surface area contributed by atoms with Crippen LogP contribution in [0.1, 0.15) is 25.3 Å². The summed E-state index contributed by atoms with van der Waals surface area (Å²) in [5.41, 5.74) is 1.46. The molecule has 1 aromatic carbocycles. The average molecular weight is 305 g/mol. The molecule has 0 saturated carbocycles. The molecule has 3 rings (SSSR count). The molecule has 2 saturated heterocycles. The first kappa shape index (κ1) is 15.4. The number of hydrogen-bond donors (Lipinski definition) is 1. The number of nitrogens with zero attached hydrogens (tertiary/aromatic N) is 1. The van der Waals surface area contributed by atoms with Gasteiger partial charge in [-0.25, -0.2) is 0 Å². The van der Waals surface area contributed by atoms with E-state index in [9.17, 15) is 0 Å². The summed E-state index contributed by atoms with van der Waals surface area (Å²) < 4.78 is 0. The van der Waals surface area contributed by atoms with Crippen molar-refractivity contribution < 1.29 is 0 Å². The van der Waals surface area contributed by atoms with Crippen LogP contribution in [0.15, 0.2) is 30.3 Å². The lowest BCUT2D eigenvalue weighted by atomic mass is 9.98. The lowest BCUT2D eigenvalue weighted by Gasteiger charge is -2.41. The molecular formula is C18H28N2S. The Morgan fingerprint density at radius 1 is 1.29 bits per heavy atom. The fourth-order valence-corrected chi connectivity index (χ4v) is 4.92. The second-order valence-corrected chi connectivity index (χ2v) is 7.69. The summed E-state index contributed by atoms with van der Waals surface area (Å²) in [4.78, 5) is 2.78. The van der Waals surface area contributed by atoms with Crippen molar-refractivity contribution >= 4 is 11.8 Å². The molecule has 2 nitrogen and oxygen atoms in total. The second kappa shape index (κ2) is 7.66. The van der Waals surface area contributed by atoms with E-state index >= 15 is 0 Å². The Balaban J connectivity index is 1.57. The standard InChI is InChI=1S/C18H28N2S/c1-2-18-11-19-17(10-15-6-4-3-5-7-15)13-20(18)12-16-8-9-21-14-16/h3-7,16-19H,2,8-14H2,1H3. The Labute approximate surface area is 133 Å². The molecule has 0 bridgehead atoms. The lowest BCUT2D eigenvalue weighted by Crippen LogP contribution is -2.57. The third-order valence-corrected chi connectivity index (χ3v) is 6.16. The molecule has 2 heterocycles. The minimum atomic E-state index is 0.615. The minimum absolute atomic E-state index is 0.615. The van der Waals surface area contributed by atoms with Gasteiger partial charge in [-0.05, 0) is 42.2 Å². The summed E-state index contributed by atoms with van der Waals surface area (Å²) >= 11 is 2.14. The van der Waals surface area contributed by atoms with Crippen LogP contribution in [0.4, 0.5) is 0 Å². The maximum atomic E-state index is 3.78. The van der Waals surface area contributed by atoms with Crippen LogP contribution >= 0.6 is 11.8 Å². The molecule has 0 spiro atoms. The van der Waals surface area contributed by atoms with Crippen LogP contribution in [0.5, 0.6) is 0 Å². The van der Waals surface area contributed by atoms with Crippen LogP contribution in [-0.4, -0.2) is 48.1 Å². The van der Waals surface area contributed by atoms with Gasteiger partial charge in [-0.3, -0.25) is 4.90 Å². The Bertz CT molecular complexity index is 416. The molecule has 116 valence electrons. The zero-order chi connectivity index (χ0) is 14.5. The summed E-state index contributed by atoms with van der Waals surface area (Å²) in [6.07, 6.45) is 3.85. The van der Waals surface area contributed by atoms with Gasteiger partial charge in [0.2, 0.25) is 0 Å². The van der Waals surface area contributed by atoms with Crippen molar-refractivity contribution in [1.82, 2.24) is 10.2 Å². The predicted molar refractivity (Wildman–Crippen MR) is 93.0 cm³/mol. The summed E-state index contributed by atoms with van der Waals surface area (Å²) in [7, 11) is 0. The number of thioether (sulfide) groups is 1. The molecule has 0 radical (unpaired) electrons. The molecule has 0 amide bonds. The largest absolute Gasteiger partial charge is 0.311 e. The molecule has 2 aliphatic heterocycles. The van der Waals surface area contributed by atoms with E-state index in [0.29, 0.717) is 6.04 Å². The highest BCUT2D eigenvalue weighted by Gasteiger charge is 2.29. The molecule has 2 fully saturated rings. The molecular weight excluding hydrogens is 276 g/mol. The third kappa shape index (κ3) is 4.24. The quantitative estimate of drug-likeness (QED) is 0.900. The minimum Gasteiger partial charge on any atom is -0.311 e. The maximum absolute atomic E-state index is 3.78. The van der Waals surface area contributed by atoms with Gasteiger partial charge < -0.3 is 5.32 Å². The second-order valence-electron chi connectivity index (χ2n) is 6.54. The first-order valence-corrected chi connectivity index (χ1v) is 9.59. The highest BCUT2D eigenvalue weighted by atomic mass is 32.2. The van der Waals surface area contributed by atoms with Gasteiger partial charge in [-0.15, -0.1) is 0 Å². The van der Waals surface area contributed by atoms with Gasteiger partial charge in [0.15, 0.2) is 0 Å². The van der Waals surface area contributed by atoms with E-state index in [4.69, 9.17) is 0 Å². The van der Waals surface area contributed by atoms with Crippen molar-refractivity contribution in [3.05, 3.63) is 35.9 Å². The monoisotopic (exact) mass is 304 g/mol. The molecule has 1 N–H and O–H groups in total. The number of benzene rings is 1. The van der Waals surface area contributed by atoms with E-state index in [1.165, 1.54) is 43.0 Å². The molecule has 3 atom stereocenters. The summed E-state index contributed by atoms with van der Waals surface area (Å²) in [5, 5.41) is 3.78. The summed E-state index contributed by atoms with van der Waals surface area (Å²) in [5.74, 6) is 3.68. The zero-order valence-corrected chi connectivity index (χ0v) is 13.9. The van der Waals surface area contributed by atoms with Gasteiger partial charge in [0.05, 0.1) is 0 Å². The summed E-state index contributed by atoms with van der Waals surface area (Å²) in [6, 6.07) is 12.3. The molecule has 0 aromatic heterocycles. The lowest BCUT2D eigenvalue weighted by molar-refractivity contribution is 0.110. The molecule has 0 aliphatic carbocycles. The zero-order valence-electron chi connectivity index (χ0n) is 13.1. The molecule has 3 heteroatoms. The van der Waals surface area contributed by atoms with E-state index in [-0.39, 0.29) is 0 Å². The Hall–Kier alpha value is -0.510. The first-order valence-electron chi connectivity index (χ1n) is 8.44. The van der Waals surface area contributed by atoms with E-state index in [0.717, 1.165) is 24.9 Å². The van der Waals surface area contributed by atoms with Crippen LogP contribution in [0.3, 0.4) is 0 Å². The van der Waals surface area contributed by atoms with Crippen molar-refractivity contribution in [1.29, 1.82) is 0 Å². The van der Waals surface area contributed by atoms with Gasteiger partial charge in [0, 0.05) is 31.7 Å². The highest BCUT2D eigenvalue weighted by Crippen LogP contribution is 2.26. The van der Waals surface area contributed by atoms with Gasteiger partial charge >= 0.3 is 0 Å². The topological polar surface area (TPSA) is 15.3 Å². The first-order chi connectivity index (χ1) is 10.3. The van der Waals surface area contributed by atoms with Crippen molar-refractivity contribution in [3.63, 3.8) is 0 Å². The Kier molecular flexibility index (Phi) is 5.61. The van der Waals surface area contributed by atoms with E-state index < -0.39 is 0 Å². The van der Waals surface area contributed by atoms with Crippen LogP contribution in [0.25, 0.3) is 0 Å². The van der Waals surface area contributed by atoms with Crippen LogP contribution in [0, 0.1) is 5.92 Å². The number of rotatable bonds is 5. The van der Waals surface area contributed by atoms with Gasteiger partial charge in [0.25, 0.3) is 0 Å². The van der Waals surface area contributed by atoms with Crippen LogP contribution in [0.2, 0.25) is 0 Å². The van der Waals surface area contributed by atoms with E-state index in [1.54, 1.807) is 0 Å². The van der Waals surface area contributed by atoms with Gasteiger partial charge in [0.1, 0.15) is 0 Å². The molecule has 2 aliphatic rings. The molecule has 1 aromatic rings. The number of piperazine rings is 1. The third-order valence-electron chi connectivity index (χ3n) is 4.93. The Morgan fingerprint density at radius 3 is 2.86 bits per heavy atom. The smallest absolute Gasteiger partial charge is 0.0236 e. The number of nitrogens with one attached hydrogen (secondary N) is 1. The average Bonchev–Trinajstić information content (AvgIpc) is 3.02. The van der Waals surface area contributed by atoms with Crippen molar-refractivity contribution in [2.45, 2.75) is 38.3 Å². The SMILES string of the molecule is CCC1CNC(Cc2ccccc2)CN1CC1CCSC1.